The molecule has 0 bridgehead atoms. The molecule has 0 aliphatic carbocycles. The Bertz CT molecular complexity index is 407. The second-order valence-corrected chi connectivity index (χ2v) is 11.3. The fourth-order valence-electron chi connectivity index (χ4n) is 3.49. The third kappa shape index (κ3) is 15.7. The number of ether oxygens (including phenoxy) is 1. The Hall–Kier alpha value is -0.160. The minimum absolute atomic E-state index is 0.335. The molecule has 3 nitrogen and oxygen atoms in total. The van der Waals surface area contributed by atoms with Gasteiger partial charge >= 0.3 is 11.9 Å². The maximum atomic E-state index is 11.7. The van der Waals surface area contributed by atoms with Crippen LogP contribution in [0.1, 0.15) is 117 Å². The van der Waals surface area contributed by atoms with Gasteiger partial charge in [-0.15, -0.1) is 0 Å². The molecule has 1 aliphatic rings. The van der Waals surface area contributed by atoms with Gasteiger partial charge in [-0.3, -0.25) is 9.59 Å². The maximum absolute atomic E-state index is 11.7. The van der Waals surface area contributed by atoms with E-state index in [1.807, 2.05) is 21.6 Å². The molecule has 0 amide bonds. The second-order valence-electron chi connectivity index (χ2n) is 8.54. The number of rotatable bonds is 17. The fourth-order valence-corrected chi connectivity index (χ4v) is 6.52. The van der Waals surface area contributed by atoms with Crippen LogP contribution in [0.15, 0.2) is 0 Å². The van der Waals surface area contributed by atoms with Crippen LogP contribution in [0, 0.1) is 5.92 Å². The van der Waals surface area contributed by atoms with Gasteiger partial charge in [0, 0.05) is 23.8 Å². The van der Waals surface area contributed by atoms with Gasteiger partial charge in [0.1, 0.15) is 0 Å². The molecule has 0 N–H and O–H groups in total. The SMILES string of the molecule is CC(C)CCCCCCCCCCCC(=O)OC(=O)CCCCC1CCSS1. The first-order chi connectivity index (χ1) is 13.6. The average molecular weight is 431 g/mol. The molecule has 0 aromatic carbocycles. The van der Waals surface area contributed by atoms with Crippen molar-refractivity contribution in [3.05, 3.63) is 0 Å². The predicted octanol–water partition coefficient (Wildman–Crippen LogP) is 7.72. The summed E-state index contributed by atoms with van der Waals surface area (Å²) in [5, 5.41) is 0.757. The third-order valence-corrected chi connectivity index (χ3v) is 8.28. The van der Waals surface area contributed by atoms with Crippen molar-refractivity contribution in [1.29, 1.82) is 0 Å². The molecule has 5 heteroatoms. The van der Waals surface area contributed by atoms with E-state index in [1.54, 1.807) is 0 Å². The van der Waals surface area contributed by atoms with Gasteiger partial charge in [0.15, 0.2) is 0 Å². The molecule has 0 aromatic heterocycles. The second kappa shape index (κ2) is 17.7. The molecule has 1 heterocycles. The van der Waals surface area contributed by atoms with E-state index in [4.69, 9.17) is 4.74 Å². The minimum Gasteiger partial charge on any atom is -0.393 e. The molecule has 1 unspecified atom stereocenters. The van der Waals surface area contributed by atoms with Gasteiger partial charge in [-0.2, -0.15) is 0 Å². The zero-order valence-corrected chi connectivity index (χ0v) is 19.8. The lowest BCUT2D eigenvalue weighted by Crippen LogP contribution is -2.12. The van der Waals surface area contributed by atoms with Crippen LogP contribution < -0.4 is 0 Å². The molecule has 1 atom stereocenters. The van der Waals surface area contributed by atoms with Crippen LogP contribution in [0.2, 0.25) is 0 Å². The lowest BCUT2D eigenvalue weighted by Gasteiger charge is -2.07. The Morgan fingerprint density at radius 3 is 1.89 bits per heavy atom. The Morgan fingerprint density at radius 2 is 1.36 bits per heavy atom. The summed E-state index contributed by atoms with van der Waals surface area (Å²) in [5.74, 6) is 1.42. The van der Waals surface area contributed by atoms with Gasteiger partial charge in [-0.05, 0) is 31.6 Å². The topological polar surface area (TPSA) is 43.4 Å². The highest BCUT2D eigenvalue weighted by atomic mass is 33.1. The maximum Gasteiger partial charge on any atom is 0.313 e. The number of carbonyl (C=O) groups excluding carboxylic acids is 2. The summed E-state index contributed by atoms with van der Waals surface area (Å²) in [6.45, 7) is 4.59. The number of esters is 2. The van der Waals surface area contributed by atoms with Gasteiger partial charge in [-0.25, -0.2) is 0 Å². The lowest BCUT2D eigenvalue weighted by atomic mass is 10.0. The smallest absolute Gasteiger partial charge is 0.313 e. The highest BCUT2D eigenvalue weighted by molar-refractivity contribution is 8.77. The zero-order valence-electron chi connectivity index (χ0n) is 18.2. The van der Waals surface area contributed by atoms with Crippen LogP contribution in [-0.2, 0) is 14.3 Å². The molecule has 28 heavy (non-hydrogen) atoms. The molecule has 1 saturated heterocycles. The Morgan fingerprint density at radius 1 is 0.821 bits per heavy atom. The van der Waals surface area contributed by atoms with Crippen molar-refractivity contribution in [3.8, 4) is 0 Å². The van der Waals surface area contributed by atoms with E-state index in [0.717, 1.165) is 36.9 Å². The van der Waals surface area contributed by atoms with Crippen molar-refractivity contribution in [2.24, 2.45) is 5.92 Å². The molecule has 1 rings (SSSR count). The van der Waals surface area contributed by atoms with E-state index in [0.29, 0.717) is 12.8 Å². The van der Waals surface area contributed by atoms with Crippen molar-refractivity contribution in [1.82, 2.24) is 0 Å². The van der Waals surface area contributed by atoms with Crippen LogP contribution in [0.3, 0.4) is 0 Å². The van der Waals surface area contributed by atoms with Crippen LogP contribution in [-0.4, -0.2) is 22.9 Å². The van der Waals surface area contributed by atoms with Crippen molar-refractivity contribution < 1.29 is 14.3 Å². The van der Waals surface area contributed by atoms with E-state index in [1.165, 1.54) is 70.0 Å². The summed E-state index contributed by atoms with van der Waals surface area (Å²) in [4.78, 5) is 23.4. The molecular formula is C23H42O3S2. The number of unbranched alkanes of at least 4 members (excludes halogenated alkanes) is 9. The van der Waals surface area contributed by atoms with Gasteiger partial charge in [0.2, 0.25) is 0 Å². The predicted molar refractivity (Wildman–Crippen MR) is 124 cm³/mol. The molecule has 164 valence electrons. The van der Waals surface area contributed by atoms with E-state index < -0.39 is 0 Å². The van der Waals surface area contributed by atoms with Crippen molar-refractivity contribution in [2.45, 2.75) is 122 Å². The fraction of sp³-hybridized carbons (Fsp3) is 0.913. The monoisotopic (exact) mass is 430 g/mol. The Balaban J connectivity index is 1.82. The third-order valence-electron chi connectivity index (χ3n) is 5.27. The number of hydrogen-bond donors (Lipinski definition) is 0. The molecule has 1 aliphatic heterocycles. The van der Waals surface area contributed by atoms with E-state index in [9.17, 15) is 9.59 Å². The molecule has 0 radical (unpaired) electrons. The van der Waals surface area contributed by atoms with Crippen molar-refractivity contribution in [3.63, 3.8) is 0 Å². The highest BCUT2D eigenvalue weighted by Crippen LogP contribution is 2.39. The summed E-state index contributed by atoms with van der Waals surface area (Å²) in [7, 11) is 3.93. The van der Waals surface area contributed by atoms with Crippen LogP contribution in [0.4, 0.5) is 0 Å². The first-order valence-corrected chi connectivity index (χ1v) is 14.0. The number of carbonyl (C=O) groups is 2. The normalized spacial score (nSPS) is 16.6. The quantitative estimate of drug-likeness (QED) is 0.102. The standard InChI is InChI=1S/C23H42O3S2/c1-20(2)14-10-8-6-4-3-5-7-9-11-16-22(24)26-23(25)17-13-12-15-21-18-19-27-28-21/h20-21H,3-19H2,1-2H3. The first-order valence-electron chi connectivity index (χ1n) is 11.6. The highest BCUT2D eigenvalue weighted by Gasteiger charge is 2.16. The molecule has 1 fully saturated rings. The van der Waals surface area contributed by atoms with Crippen LogP contribution >= 0.6 is 21.6 Å². The molecule has 0 aromatic rings. The van der Waals surface area contributed by atoms with Crippen molar-refractivity contribution >= 4 is 33.5 Å². The van der Waals surface area contributed by atoms with Crippen molar-refractivity contribution in [2.75, 3.05) is 5.75 Å². The molecule has 0 spiro atoms. The average Bonchev–Trinajstić information content (AvgIpc) is 3.16. The summed E-state index contributed by atoms with van der Waals surface area (Å²) in [6, 6.07) is 0. The van der Waals surface area contributed by atoms with Gasteiger partial charge in [-0.1, -0.05) is 99.6 Å². The number of hydrogen-bond acceptors (Lipinski definition) is 5. The molecular weight excluding hydrogens is 388 g/mol. The summed E-state index contributed by atoms with van der Waals surface area (Å²) in [5.41, 5.74) is 0. The Labute approximate surface area is 181 Å². The van der Waals surface area contributed by atoms with Crippen LogP contribution in [0.25, 0.3) is 0 Å². The van der Waals surface area contributed by atoms with E-state index >= 15 is 0 Å². The van der Waals surface area contributed by atoms with E-state index in [2.05, 4.69) is 13.8 Å². The lowest BCUT2D eigenvalue weighted by molar-refractivity contribution is -0.159. The van der Waals surface area contributed by atoms with Gasteiger partial charge in [0.05, 0.1) is 0 Å². The minimum atomic E-state index is -0.337. The summed E-state index contributed by atoms with van der Waals surface area (Å²) >= 11 is 0. The zero-order chi connectivity index (χ0) is 20.5. The Kier molecular flexibility index (Phi) is 16.3. The summed E-state index contributed by atoms with van der Waals surface area (Å²) in [6.07, 6.45) is 17.6. The summed E-state index contributed by atoms with van der Waals surface area (Å²) < 4.78 is 4.93. The van der Waals surface area contributed by atoms with Gasteiger partial charge < -0.3 is 4.74 Å². The largest absolute Gasteiger partial charge is 0.393 e. The molecule has 0 saturated carbocycles. The van der Waals surface area contributed by atoms with Crippen LogP contribution in [0.5, 0.6) is 0 Å². The van der Waals surface area contributed by atoms with Gasteiger partial charge in [0.25, 0.3) is 0 Å². The van der Waals surface area contributed by atoms with E-state index in [-0.39, 0.29) is 11.9 Å². The first kappa shape index (κ1) is 25.9.